The number of pyridine rings is 2. The molecule has 0 radical (unpaired) electrons. The molecular weight excluding hydrogens is 1020 g/mol. The molecule has 0 spiro atoms. The summed E-state index contributed by atoms with van der Waals surface area (Å²) in [5, 5.41) is 27.8. The molecule has 8 rings (SSSR count). The molecule has 2 unspecified atom stereocenters. The number of benzene rings is 2. The number of phenols is 1. The van der Waals surface area contributed by atoms with Crippen molar-refractivity contribution in [3.63, 3.8) is 0 Å². The van der Waals surface area contributed by atoms with Crippen molar-refractivity contribution in [3.8, 4) is 35.1 Å². The van der Waals surface area contributed by atoms with Crippen molar-refractivity contribution in [2.24, 2.45) is 23.7 Å². The Kier molecular flexibility index (Phi) is 14.0. The summed E-state index contributed by atoms with van der Waals surface area (Å²) >= 11 is 0. The van der Waals surface area contributed by atoms with Crippen LogP contribution in [-0.4, -0.2) is 67.4 Å². The van der Waals surface area contributed by atoms with Crippen LogP contribution in [0.1, 0.15) is 49.4 Å². The number of hydrogen-bond donors (Lipinski definition) is 1. The second kappa shape index (κ2) is 18.8. The molecule has 0 amide bonds. The van der Waals surface area contributed by atoms with Gasteiger partial charge in [0, 0.05) is 102 Å². The van der Waals surface area contributed by atoms with Crippen molar-refractivity contribution in [1.29, 1.82) is 10.5 Å². The molecule has 4 aromatic rings. The minimum Gasteiger partial charge on any atom is -0.504 e. The number of hydrogen-bond acceptors (Lipinski definition) is 11. The van der Waals surface area contributed by atoms with E-state index in [1.165, 1.54) is 19.2 Å². The van der Waals surface area contributed by atoms with E-state index in [2.05, 4.69) is 25.8 Å². The summed E-state index contributed by atoms with van der Waals surface area (Å²) in [5.74, 6) is 2.33. The van der Waals surface area contributed by atoms with Gasteiger partial charge in [-0.1, -0.05) is 0 Å². The molecule has 1 N–H and O–H groups in total. The topological polar surface area (TPSA) is 137 Å². The number of nitriles is 2. The number of phenolic OH excluding ortho intramolecular Hbond substituents is 1. The summed E-state index contributed by atoms with van der Waals surface area (Å²) < 4.78 is 100. The van der Waals surface area contributed by atoms with E-state index in [1.54, 1.807) is 24.5 Å². The normalized spacial score (nSPS) is 23.0. The molecule has 4 heterocycles. The Morgan fingerprint density at radius 3 is 1.48 bits per heavy atom. The van der Waals surface area contributed by atoms with Crippen molar-refractivity contribution in [2.45, 2.75) is 50.2 Å². The van der Waals surface area contributed by atoms with Crippen LogP contribution in [0.25, 0.3) is 0 Å². The van der Waals surface area contributed by atoms with Crippen LogP contribution in [0.4, 0.5) is 38.0 Å². The third kappa shape index (κ3) is 10.2. The summed E-state index contributed by atoms with van der Waals surface area (Å²) in [6.07, 6.45) is -2.31. The second-order valence-electron chi connectivity index (χ2n) is 15.1. The standard InChI is InChI=1S/C22H22F3N3O3.C20H18F3N3O2.U.H2/c1-29-13-30-19-8-17(22(23,24)25)5-6-18(19)31-21-15-3-4-16(21)12-28(11-15)20-7-2-14(9-26)10-27-20;21-20(22,23)15-4-5-17(16(27)7-15)28-19-13-2-3-14(19)11-26(10-13)18-6-1-12(8-24)9-25-18;;/h2,5-8,10,15-16,21H,3-4,11-13H2,1H3;1,4-7,9,13-14,19,27H,2-3,10-11H2;;1H/t15-,16+,21?;13-,14+,19?;;/i;;;1+2. The molecule has 4 fully saturated rings. The van der Waals surface area contributed by atoms with Gasteiger partial charge in [-0.3, -0.25) is 0 Å². The first-order valence-electron chi connectivity index (χ1n) is 19.0. The van der Waals surface area contributed by atoms with Crippen molar-refractivity contribution in [1.82, 2.24) is 9.97 Å². The maximum atomic E-state index is 13.1. The summed E-state index contributed by atoms with van der Waals surface area (Å²) in [5.41, 5.74) is -0.684. The smallest absolute Gasteiger partial charge is 0.416 e. The number of halogens is 6. The van der Waals surface area contributed by atoms with Crippen LogP contribution in [0.3, 0.4) is 0 Å². The number of methoxy groups -OCH3 is 1. The monoisotopic (exact) mass is 1060 g/mol. The van der Waals surface area contributed by atoms with Crippen LogP contribution in [0.2, 0.25) is 0 Å². The summed E-state index contributed by atoms with van der Waals surface area (Å²) in [6, 6.07) is 17.3. The van der Waals surface area contributed by atoms with Crippen LogP contribution in [0.5, 0.6) is 23.0 Å². The predicted octanol–water partition coefficient (Wildman–Crippen LogP) is 8.47. The van der Waals surface area contributed by atoms with E-state index >= 15 is 0 Å². The van der Waals surface area contributed by atoms with Crippen molar-refractivity contribution < 1.29 is 82.9 Å². The maximum Gasteiger partial charge on any atom is 0.416 e. The Bertz CT molecular complexity index is 2160. The molecule has 18 heteroatoms. The molecule has 11 nitrogen and oxygen atoms in total. The van der Waals surface area contributed by atoms with Crippen LogP contribution in [0.15, 0.2) is 73.1 Å². The molecule has 60 heavy (non-hydrogen) atoms. The molecule has 2 aromatic heterocycles. The molecular formula is C42H42F6N6O5U. The Morgan fingerprint density at radius 1 is 0.667 bits per heavy atom. The first kappa shape index (κ1) is 44.7. The van der Waals surface area contributed by atoms with E-state index in [4.69, 9.17) is 29.5 Å². The number of fused-ring (bicyclic) bond motifs is 4. The number of alkyl halides is 6. The van der Waals surface area contributed by atoms with Gasteiger partial charge in [0.05, 0.1) is 22.3 Å². The minimum atomic E-state index is -4.51. The van der Waals surface area contributed by atoms with Gasteiger partial charge in [0.2, 0.25) is 0 Å². The zero-order valence-electron chi connectivity index (χ0n) is 32.3. The van der Waals surface area contributed by atoms with Gasteiger partial charge < -0.3 is 33.9 Å². The third-order valence-corrected chi connectivity index (χ3v) is 11.3. The first-order valence-corrected chi connectivity index (χ1v) is 19.0. The number of aromatic hydroxyl groups is 1. The number of piperidine rings is 2. The molecule has 2 aromatic carbocycles. The van der Waals surface area contributed by atoms with Gasteiger partial charge in [0.15, 0.2) is 29.8 Å². The van der Waals surface area contributed by atoms with Crippen LogP contribution in [-0.2, 0) is 17.1 Å². The SMILES string of the molecule is COCOc1cc(C(F)(F)F)ccc1OC1[C@@H]2CC[C@H]1CN(c1ccc(C#N)cn1)C2.N#Cc1ccc(N2C[C@H]3CC[C@@H](C2)C3Oc2ccc(C(F)(F)F)cc2O)nc1.[3HH].[U]. The zero-order chi connectivity index (χ0) is 41.9. The quantitative estimate of drug-likeness (QED) is 0.128. The Morgan fingerprint density at radius 2 is 1.10 bits per heavy atom. The molecule has 6 atom stereocenters. The Labute approximate surface area is 367 Å². The molecule has 316 valence electrons. The van der Waals surface area contributed by atoms with Gasteiger partial charge >= 0.3 is 12.4 Å². The van der Waals surface area contributed by atoms with Gasteiger partial charge in [-0.05, 0) is 86.3 Å². The fourth-order valence-corrected chi connectivity index (χ4v) is 8.49. The van der Waals surface area contributed by atoms with E-state index < -0.39 is 29.2 Å². The van der Waals surface area contributed by atoms with Crippen LogP contribution < -0.4 is 24.0 Å². The van der Waals surface area contributed by atoms with Crippen molar-refractivity contribution >= 4 is 11.6 Å². The van der Waals surface area contributed by atoms with Crippen molar-refractivity contribution in [3.05, 3.63) is 95.3 Å². The van der Waals surface area contributed by atoms with Crippen LogP contribution in [0, 0.1) is 77.4 Å². The Hall–Kier alpha value is -4.89. The summed E-state index contributed by atoms with van der Waals surface area (Å²) in [6.45, 7) is 2.71. The van der Waals surface area contributed by atoms with Gasteiger partial charge in [-0.15, -0.1) is 0 Å². The van der Waals surface area contributed by atoms with E-state index in [9.17, 15) is 31.4 Å². The van der Waals surface area contributed by atoms with Crippen LogP contribution >= 0.6 is 0 Å². The van der Waals surface area contributed by atoms with Crippen molar-refractivity contribution in [2.75, 3.05) is 49.9 Å². The van der Waals surface area contributed by atoms with Gasteiger partial charge in [-0.2, -0.15) is 36.9 Å². The van der Waals surface area contributed by atoms with E-state index in [0.29, 0.717) is 30.3 Å². The largest absolute Gasteiger partial charge is 0.504 e. The van der Waals surface area contributed by atoms with E-state index in [1.807, 2.05) is 18.2 Å². The molecule has 2 aliphatic carbocycles. The van der Waals surface area contributed by atoms with Gasteiger partial charge in [-0.25, -0.2) is 9.97 Å². The Balaban J connectivity index is 0.000000225. The summed E-state index contributed by atoms with van der Waals surface area (Å²) in [7, 11) is 1.40. The van der Waals surface area contributed by atoms with Gasteiger partial charge in [0.1, 0.15) is 36.0 Å². The van der Waals surface area contributed by atoms with Gasteiger partial charge in [0.25, 0.3) is 0 Å². The number of ether oxygens (including phenoxy) is 4. The average molecular weight is 1060 g/mol. The fourth-order valence-electron chi connectivity index (χ4n) is 8.49. The molecule has 2 saturated heterocycles. The third-order valence-electron chi connectivity index (χ3n) is 11.3. The maximum absolute atomic E-state index is 13.1. The fraction of sp³-hybridized carbons (Fsp3) is 0.429. The van der Waals surface area contributed by atoms with E-state index in [-0.39, 0.29) is 92.5 Å². The number of nitrogens with zero attached hydrogens (tertiary/aromatic N) is 6. The molecule has 2 aliphatic heterocycles. The number of rotatable bonds is 9. The average Bonchev–Trinajstić information content (AvgIpc) is 3.57. The molecule has 2 saturated carbocycles. The molecule has 4 aliphatic rings. The van der Waals surface area contributed by atoms with E-state index in [0.717, 1.165) is 68.6 Å². The minimum absolute atomic E-state index is 0. The summed E-state index contributed by atoms with van der Waals surface area (Å²) in [4.78, 5) is 13.1. The number of anilines is 2. The molecule has 4 bridgehead atoms. The predicted molar refractivity (Wildman–Crippen MR) is 203 cm³/mol. The first-order chi connectivity index (χ1) is 28.2. The number of aromatic nitrogens is 2. The second-order valence-corrected chi connectivity index (χ2v) is 15.1. The zero-order valence-corrected chi connectivity index (χ0v) is 36.5.